The van der Waals surface area contributed by atoms with Gasteiger partial charge in [-0.2, -0.15) is 0 Å². The van der Waals surface area contributed by atoms with E-state index in [-0.39, 0.29) is 0 Å². The molecule has 1 saturated heterocycles. The first-order chi connectivity index (χ1) is 14.3. The maximum atomic E-state index is 5.99. The maximum absolute atomic E-state index is 5.99. The minimum absolute atomic E-state index is 0.335. The van der Waals surface area contributed by atoms with E-state index in [1.165, 1.54) is 16.7 Å². The summed E-state index contributed by atoms with van der Waals surface area (Å²) in [6, 6.07) is 19.2. The van der Waals surface area contributed by atoms with Crippen LogP contribution in [0.15, 0.2) is 59.6 Å². The van der Waals surface area contributed by atoms with Crippen molar-refractivity contribution in [2.75, 3.05) is 26.8 Å². The van der Waals surface area contributed by atoms with Crippen molar-refractivity contribution in [2.45, 2.75) is 44.9 Å². The van der Waals surface area contributed by atoms with Gasteiger partial charge in [-0.05, 0) is 42.4 Å². The van der Waals surface area contributed by atoms with Crippen molar-refractivity contribution < 1.29 is 9.47 Å². The molecule has 1 heterocycles. The second-order valence-electron chi connectivity index (χ2n) is 7.38. The standard InChI is InChI=1S/C24H33N3O2/c1-25-24(26-15-5-8-20-6-3-2-4-7-20)27-18-21-9-11-22(12-10-21)19-29-23-13-16-28-17-14-23/h2-4,6-7,9-12,23H,5,8,13-19H2,1H3,(H2,25,26,27). The zero-order valence-corrected chi connectivity index (χ0v) is 17.4. The van der Waals surface area contributed by atoms with E-state index in [9.17, 15) is 0 Å². The lowest BCUT2D eigenvalue weighted by molar-refractivity contribution is -0.0390. The van der Waals surface area contributed by atoms with Gasteiger partial charge in [0.1, 0.15) is 0 Å². The van der Waals surface area contributed by atoms with Gasteiger partial charge in [-0.3, -0.25) is 4.99 Å². The summed E-state index contributed by atoms with van der Waals surface area (Å²) in [4.78, 5) is 4.31. The van der Waals surface area contributed by atoms with Gasteiger partial charge in [0, 0.05) is 33.4 Å². The monoisotopic (exact) mass is 395 g/mol. The number of nitrogens with zero attached hydrogens (tertiary/aromatic N) is 1. The van der Waals surface area contributed by atoms with Gasteiger partial charge in [0.2, 0.25) is 0 Å². The number of guanidine groups is 1. The first-order valence-corrected chi connectivity index (χ1v) is 10.6. The fourth-order valence-corrected chi connectivity index (χ4v) is 3.36. The van der Waals surface area contributed by atoms with Crippen molar-refractivity contribution in [3.63, 3.8) is 0 Å². The van der Waals surface area contributed by atoms with Gasteiger partial charge in [-0.1, -0.05) is 54.6 Å². The molecule has 2 aromatic rings. The molecule has 1 fully saturated rings. The molecule has 156 valence electrons. The van der Waals surface area contributed by atoms with Crippen molar-refractivity contribution in [2.24, 2.45) is 4.99 Å². The van der Waals surface area contributed by atoms with E-state index < -0.39 is 0 Å². The summed E-state index contributed by atoms with van der Waals surface area (Å²) < 4.78 is 11.4. The summed E-state index contributed by atoms with van der Waals surface area (Å²) in [6.07, 6.45) is 4.48. The van der Waals surface area contributed by atoms with E-state index in [0.717, 1.165) is 57.9 Å². The van der Waals surface area contributed by atoms with Crippen LogP contribution in [0.5, 0.6) is 0 Å². The van der Waals surface area contributed by atoms with E-state index in [1.807, 2.05) is 7.05 Å². The van der Waals surface area contributed by atoms with Crippen LogP contribution in [-0.2, 0) is 29.0 Å². The Labute approximate surface area is 174 Å². The summed E-state index contributed by atoms with van der Waals surface area (Å²) in [5.74, 6) is 0.838. The lowest BCUT2D eigenvalue weighted by Gasteiger charge is -2.22. The highest BCUT2D eigenvalue weighted by atomic mass is 16.5. The molecule has 0 unspecified atom stereocenters. The number of rotatable bonds is 9. The zero-order chi connectivity index (χ0) is 20.2. The minimum Gasteiger partial charge on any atom is -0.381 e. The van der Waals surface area contributed by atoms with Gasteiger partial charge in [0.05, 0.1) is 12.7 Å². The molecule has 1 aliphatic heterocycles. The first-order valence-electron chi connectivity index (χ1n) is 10.6. The van der Waals surface area contributed by atoms with Crippen LogP contribution in [0.2, 0.25) is 0 Å². The quantitative estimate of drug-likeness (QED) is 0.386. The predicted octanol–water partition coefficient (Wildman–Crippen LogP) is 3.68. The largest absolute Gasteiger partial charge is 0.381 e. The molecule has 0 spiro atoms. The highest BCUT2D eigenvalue weighted by Crippen LogP contribution is 2.14. The molecule has 0 aromatic heterocycles. The Morgan fingerprint density at radius 1 is 0.966 bits per heavy atom. The molecule has 3 rings (SSSR count). The summed E-state index contributed by atoms with van der Waals surface area (Å²) in [5, 5.41) is 6.77. The van der Waals surface area contributed by atoms with Crippen molar-refractivity contribution in [1.29, 1.82) is 0 Å². The number of hydrogen-bond donors (Lipinski definition) is 2. The van der Waals surface area contributed by atoms with Crippen molar-refractivity contribution >= 4 is 5.96 Å². The lowest BCUT2D eigenvalue weighted by atomic mass is 10.1. The van der Waals surface area contributed by atoms with E-state index in [0.29, 0.717) is 12.7 Å². The molecule has 2 N–H and O–H groups in total. The number of benzene rings is 2. The molecule has 0 atom stereocenters. The van der Waals surface area contributed by atoms with Crippen LogP contribution in [0, 0.1) is 0 Å². The average Bonchev–Trinajstić information content (AvgIpc) is 2.79. The summed E-state index contributed by atoms with van der Waals surface area (Å²) in [5.41, 5.74) is 3.81. The van der Waals surface area contributed by atoms with Gasteiger partial charge in [0.15, 0.2) is 5.96 Å². The number of hydrogen-bond acceptors (Lipinski definition) is 3. The van der Waals surface area contributed by atoms with Crippen molar-refractivity contribution in [3.8, 4) is 0 Å². The molecule has 0 bridgehead atoms. The van der Waals surface area contributed by atoms with Crippen molar-refractivity contribution in [1.82, 2.24) is 10.6 Å². The van der Waals surface area contributed by atoms with E-state index in [2.05, 4.69) is 70.2 Å². The third-order valence-corrected chi connectivity index (χ3v) is 5.14. The molecule has 29 heavy (non-hydrogen) atoms. The summed E-state index contributed by atoms with van der Waals surface area (Å²) >= 11 is 0. The molecule has 0 aliphatic carbocycles. The SMILES string of the molecule is CN=C(NCCCc1ccccc1)NCc1ccc(COC2CCOCC2)cc1. The number of ether oxygens (including phenoxy) is 2. The zero-order valence-electron chi connectivity index (χ0n) is 17.4. The fourth-order valence-electron chi connectivity index (χ4n) is 3.36. The molecule has 0 radical (unpaired) electrons. The van der Waals surface area contributed by atoms with E-state index >= 15 is 0 Å². The predicted molar refractivity (Wildman–Crippen MR) is 118 cm³/mol. The Bertz CT molecular complexity index is 726. The third kappa shape index (κ3) is 7.87. The number of aryl methyl sites for hydroxylation is 1. The third-order valence-electron chi connectivity index (χ3n) is 5.14. The Hall–Kier alpha value is -2.37. The lowest BCUT2D eigenvalue weighted by Crippen LogP contribution is -2.37. The van der Waals surface area contributed by atoms with Gasteiger partial charge >= 0.3 is 0 Å². The molecule has 0 saturated carbocycles. The Morgan fingerprint density at radius 3 is 2.41 bits per heavy atom. The van der Waals surface area contributed by atoms with Crippen LogP contribution in [-0.4, -0.2) is 38.9 Å². The van der Waals surface area contributed by atoms with Gasteiger partial charge in [-0.15, -0.1) is 0 Å². The smallest absolute Gasteiger partial charge is 0.191 e. The van der Waals surface area contributed by atoms with Crippen molar-refractivity contribution in [3.05, 3.63) is 71.3 Å². The van der Waals surface area contributed by atoms with Gasteiger partial charge < -0.3 is 20.1 Å². The Morgan fingerprint density at radius 2 is 1.69 bits per heavy atom. The fraction of sp³-hybridized carbons (Fsp3) is 0.458. The topological polar surface area (TPSA) is 54.9 Å². The first kappa shape index (κ1) is 21.3. The normalized spacial score (nSPS) is 15.3. The van der Waals surface area contributed by atoms with Crippen LogP contribution in [0.4, 0.5) is 0 Å². The maximum Gasteiger partial charge on any atom is 0.191 e. The molecule has 5 nitrogen and oxygen atoms in total. The summed E-state index contributed by atoms with van der Waals surface area (Å²) in [6.45, 7) is 3.95. The highest BCUT2D eigenvalue weighted by molar-refractivity contribution is 5.79. The number of aliphatic imine (C=N–C) groups is 1. The Kier molecular flexibility index (Phi) is 9.01. The highest BCUT2D eigenvalue weighted by Gasteiger charge is 2.13. The van der Waals surface area contributed by atoms with Crippen LogP contribution >= 0.6 is 0 Å². The van der Waals surface area contributed by atoms with Gasteiger partial charge in [0.25, 0.3) is 0 Å². The van der Waals surface area contributed by atoms with Gasteiger partial charge in [-0.25, -0.2) is 0 Å². The molecule has 5 heteroatoms. The van der Waals surface area contributed by atoms with E-state index in [4.69, 9.17) is 9.47 Å². The van der Waals surface area contributed by atoms with Crippen LogP contribution in [0.1, 0.15) is 36.0 Å². The van der Waals surface area contributed by atoms with Crippen LogP contribution in [0.25, 0.3) is 0 Å². The molecule has 1 aliphatic rings. The molecular formula is C24H33N3O2. The van der Waals surface area contributed by atoms with E-state index in [1.54, 1.807) is 0 Å². The Balaban J connectivity index is 1.33. The molecular weight excluding hydrogens is 362 g/mol. The molecule has 0 amide bonds. The van der Waals surface area contributed by atoms with Crippen LogP contribution in [0.3, 0.4) is 0 Å². The van der Waals surface area contributed by atoms with Crippen LogP contribution < -0.4 is 10.6 Å². The second-order valence-corrected chi connectivity index (χ2v) is 7.38. The summed E-state index contributed by atoms with van der Waals surface area (Å²) in [7, 11) is 1.81. The minimum atomic E-state index is 0.335. The molecule has 2 aromatic carbocycles. The number of nitrogens with one attached hydrogen (secondary N) is 2. The average molecular weight is 396 g/mol. The second kappa shape index (κ2) is 12.2.